The summed E-state index contributed by atoms with van der Waals surface area (Å²) in [6.07, 6.45) is 19.1. The molecule has 0 unspecified atom stereocenters. The van der Waals surface area contributed by atoms with Gasteiger partial charge in [-0.15, -0.1) is 0 Å². The van der Waals surface area contributed by atoms with Crippen LogP contribution in [0.25, 0.3) is 0 Å². The van der Waals surface area contributed by atoms with Gasteiger partial charge in [-0.05, 0) is 40.0 Å². The van der Waals surface area contributed by atoms with Crippen LogP contribution in [0, 0.1) is 12.0 Å². The molecule has 0 aromatic heterocycles. The third-order valence-corrected chi connectivity index (χ3v) is 3.12. The lowest BCUT2D eigenvalue weighted by Gasteiger charge is -2.14. The Morgan fingerprint density at radius 3 is 2.00 bits per heavy atom. The van der Waals surface area contributed by atoms with Gasteiger partial charge in [-0.3, -0.25) is 0 Å². The number of rotatable bonds is 11. The summed E-state index contributed by atoms with van der Waals surface area (Å²) in [6, 6.07) is 0. The number of aliphatic hydroxyl groups excluding tert-OH is 1. The fourth-order valence-corrected chi connectivity index (χ4v) is 1.97. The molecule has 0 saturated carbocycles. The van der Waals surface area contributed by atoms with E-state index in [1.165, 1.54) is 51.4 Å². The number of ether oxygens (including phenoxy) is 1. The first-order valence-corrected chi connectivity index (χ1v) is 8.48. The van der Waals surface area contributed by atoms with E-state index in [9.17, 15) is 0 Å². The normalized spacial score (nSPS) is 11.4. The average Bonchev–Trinajstić information content (AvgIpc) is 2.42. The molecule has 0 atom stereocenters. The maximum Gasteiger partial charge on any atom is 0.112 e. The number of allylic oxidation sites excluding steroid dienone is 1. The van der Waals surface area contributed by atoms with Gasteiger partial charge in [0.15, 0.2) is 0 Å². The molecule has 2 heteroatoms. The van der Waals surface area contributed by atoms with Crippen molar-refractivity contribution in [1.29, 1.82) is 0 Å². The topological polar surface area (TPSA) is 29.5 Å². The van der Waals surface area contributed by atoms with Gasteiger partial charge >= 0.3 is 0 Å². The van der Waals surface area contributed by atoms with Crippen LogP contribution < -0.4 is 0 Å². The van der Waals surface area contributed by atoms with Crippen LogP contribution in [0.5, 0.6) is 0 Å². The minimum atomic E-state index is -0.152. The van der Waals surface area contributed by atoms with Gasteiger partial charge in [-0.1, -0.05) is 56.6 Å². The second-order valence-corrected chi connectivity index (χ2v) is 6.51. The highest BCUT2D eigenvalue weighted by Crippen LogP contribution is 2.10. The average molecular weight is 294 g/mol. The van der Waals surface area contributed by atoms with Gasteiger partial charge in [0.05, 0.1) is 6.61 Å². The Morgan fingerprint density at radius 2 is 1.43 bits per heavy atom. The lowest BCUT2D eigenvalue weighted by Crippen LogP contribution is -2.15. The summed E-state index contributed by atoms with van der Waals surface area (Å²) in [5, 5.41) is 8.59. The molecular formula is C19H34O2. The Bertz CT molecular complexity index is 302. The number of aliphatic hydroxyl groups is 1. The molecule has 122 valence electrons. The van der Waals surface area contributed by atoms with Gasteiger partial charge in [0, 0.05) is 6.42 Å². The van der Waals surface area contributed by atoms with Gasteiger partial charge in [0.25, 0.3) is 0 Å². The highest BCUT2D eigenvalue weighted by Gasteiger charge is 2.07. The van der Waals surface area contributed by atoms with Gasteiger partial charge in [-0.2, -0.15) is 0 Å². The minimum absolute atomic E-state index is 0.152. The van der Waals surface area contributed by atoms with Crippen LogP contribution in [0.15, 0.2) is 12.2 Å². The maximum atomic E-state index is 8.59. The van der Waals surface area contributed by atoms with Crippen LogP contribution in [-0.2, 0) is 4.74 Å². The van der Waals surface area contributed by atoms with E-state index < -0.39 is 0 Å². The molecule has 0 aliphatic carbocycles. The summed E-state index contributed by atoms with van der Waals surface area (Å²) in [7, 11) is 0. The smallest absolute Gasteiger partial charge is 0.112 e. The van der Waals surface area contributed by atoms with E-state index in [-0.39, 0.29) is 12.2 Å². The summed E-state index contributed by atoms with van der Waals surface area (Å²) in [5.41, 5.74) is -0.152. The molecule has 0 fully saturated rings. The number of hydrogen-bond acceptors (Lipinski definition) is 2. The predicted octanol–water partition coefficient (Wildman–Crippen LogP) is 5.21. The zero-order valence-corrected chi connectivity index (χ0v) is 14.3. The van der Waals surface area contributed by atoms with Crippen molar-refractivity contribution >= 4 is 0 Å². The summed E-state index contributed by atoms with van der Waals surface area (Å²) in [4.78, 5) is 0. The second kappa shape index (κ2) is 14.0. The highest BCUT2D eigenvalue weighted by molar-refractivity contribution is 4.92. The van der Waals surface area contributed by atoms with Crippen molar-refractivity contribution in [3.05, 3.63) is 12.2 Å². The van der Waals surface area contributed by atoms with E-state index in [4.69, 9.17) is 9.84 Å². The van der Waals surface area contributed by atoms with Crippen molar-refractivity contribution in [2.45, 2.75) is 90.6 Å². The molecule has 0 saturated heterocycles. The summed E-state index contributed by atoms with van der Waals surface area (Å²) < 4.78 is 5.36. The minimum Gasteiger partial charge on any atom is -0.441 e. The third-order valence-electron chi connectivity index (χ3n) is 3.12. The summed E-state index contributed by atoms with van der Waals surface area (Å²) >= 11 is 0. The standard InChI is InChI=1S/C19H34O2/c1-19(2,3)21-18-16-14-12-10-8-6-4-5-7-9-11-13-15-17-20/h13,15,20H,4-12,14,17H2,1-3H3/b15-13-. The molecule has 0 amide bonds. The molecule has 0 aliphatic rings. The quantitative estimate of drug-likeness (QED) is 0.322. The molecule has 0 radical (unpaired) electrons. The molecule has 2 nitrogen and oxygen atoms in total. The largest absolute Gasteiger partial charge is 0.441 e. The Kier molecular flexibility index (Phi) is 13.4. The van der Waals surface area contributed by atoms with Crippen molar-refractivity contribution in [2.75, 3.05) is 6.61 Å². The monoisotopic (exact) mass is 294 g/mol. The fourth-order valence-electron chi connectivity index (χ4n) is 1.97. The predicted molar refractivity (Wildman–Crippen MR) is 91.0 cm³/mol. The van der Waals surface area contributed by atoms with E-state index in [0.29, 0.717) is 0 Å². The summed E-state index contributed by atoms with van der Waals surface area (Å²) in [5.74, 6) is 3.08. The molecular weight excluding hydrogens is 260 g/mol. The molecule has 0 rings (SSSR count). The van der Waals surface area contributed by atoms with Crippen molar-refractivity contribution in [1.82, 2.24) is 0 Å². The first-order chi connectivity index (χ1) is 10.1. The fraction of sp³-hybridized carbons (Fsp3) is 0.789. The SMILES string of the molecule is CC(C)(C)OC#CCCCCCCCCCC/C=C\CO. The first kappa shape index (κ1) is 20.1. The Morgan fingerprint density at radius 1 is 0.857 bits per heavy atom. The third kappa shape index (κ3) is 19.1. The van der Waals surface area contributed by atoms with Crippen molar-refractivity contribution < 1.29 is 9.84 Å². The van der Waals surface area contributed by atoms with Crippen LogP contribution in [0.1, 0.15) is 85.0 Å². The van der Waals surface area contributed by atoms with Gasteiger partial charge in [0.2, 0.25) is 0 Å². The van der Waals surface area contributed by atoms with E-state index in [2.05, 4.69) is 18.1 Å². The first-order valence-electron chi connectivity index (χ1n) is 8.48. The van der Waals surface area contributed by atoms with Crippen molar-refractivity contribution in [3.63, 3.8) is 0 Å². The molecule has 0 aliphatic heterocycles. The second-order valence-electron chi connectivity index (χ2n) is 6.51. The van der Waals surface area contributed by atoms with Gasteiger partial charge in [-0.25, -0.2) is 0 Å². The Hall–Kier alpha value is -0.940. The lowest BCUT2D eigenvalue weighted by atomic mass is 10.1. The van der Waals surface area contributed by atoms with E-state index in [0.717, 1.165) is 12.8 Å². The zero-order chi connectivity index (χ0) is 15.8. The van der Waals surface area contributed by atoms with Crippen LogP contribution in [0.4, 0.5) is 0 Å². The van der Waals surface area contributed by atoms with E-state index in [1.54, 1.807) is 0 Å². The molecule has 1 N–H and O–H groups in total. The highest BCUT2D eigenvalue weighted by atomic mass is 16.5. The molecule has 0 bridgehead atoms. The van der Waals surface area contributed by atoms with E-state index >= 15 is 0 Å². The van der Waals surface area contributed by atoms with Gasteiger partial charge in [0.1, 0.15) is 11.7 Å². The zero-order valence-electron chi connectivity index (χ0n) is 14.3. The number of hydrogen-bond donors (Lipinski definition) is 1. The molecule has 0 aromatic carbocycles. The Labute approximate surface area is 132 Å². The van der Waals surface area contributed by atoms with E-state index in [1.807, 2.05) is 26.8 Å². The van der Waals surface area contributed by atoms with Crippen LogP contribution in [0.2, 0.25) is 0 Å². The van der Waals surface area contributed by atoms with Crippen molar-refractivity contribution in [2.24, 2.45) is 0 Å². The number of unbranched alkanes of at least 4 members (excludes halogenated alkanes) is 9. The molecule has 0 spiro atoms. The summed E-state index contributed by atoms with van der Waals surface area (Å²) in [6.45, 7) is 6.23. The van der Waals surface area contributed by atoms with Gasteiger partial charge < -0.3 is 9.84 Å². The molecule has 0 aromatic rings. The molecule has 0 heterocycles. The van der Waals surface area contributed by atoms with Crippen LogP contribution in [0.3, 0.4) is 0 Å². The van der Waals surface area contributed by atoms with Crippen LogP contribution >= 0.6 is 0 Å². The molecule has 21 heavy (non-hydrogen) atoms. The van der Waals surface area contributed by atoms with Crippen molar-refractivity contribution in [3.8, 4) is 12.0 Å². The maximum absolute atomic E-state index is 8.59. The lowest BCUT2D eigenvalue weighted by molar-refractivity contribution is 0.0961. The van der Waals surface area contributed by atoms with Crippen LogP contribution in [-0.4, -0.2) is 17.3 Å². The Balaban J connectivity index is 3.17.